The van der Waals surface area contributed by atoms with E-state index >= 15 is 0 Å². The minimum Gasteiger partial charge on any atom is -0.489 e. The van der Waals surface area contributed by atoms with Crippen LogP contribution in [0.3, 0.4) is 0 Å². The summed E-state index contributed by atoms with van der Waals surface area (Å²) in [5.74, 6) is -0.218. The molecular formula is C19H19NO4. The summed E-state index contributed by atoms with van der Waals surface area (Å²) in [7, 11) is 0. The molecule has 0 heterocycles. The van der Waals surface area contributed by atoms with E-state index in [-0.39, 0.29) is 18.6 Å². The van der Waals surface area contributed by atoms with Crippen LogP contribution in [-0.4, -0.2) is 24.5 Å². The minimum atomic E-state index is -0.536. The zero-order chi connectivity index (χ0) is 16.8. The summed E-state index contributed by atoms with van der Waals surface area (Å²) in [6.07, 6.45) is 2.00. The fraction of sp³-hybridized carbons (Fsp3) is 0.263. The van der Waals surface area contributed by atoms with Crippen LogP contribution in [0.2, 0.25) is 0 Å². The fourth-order valence-electron chi connectivity index (χ4n) is 2.17. The Morgan fingerprint density at radius 2 is 1.83 bits per heavy atom. The highest BCUT2D eigenvalue weighted by molar-refractivity contribution is 5.91. The molecule has 0 aromatic heterocycles. The molecule has 0 aliphatic heterocycles. The summed E-state index contributed by atoms with van der Waals surface area (Å²) in [4.78, 5) is 23.6. The second kappa shape index (κ2) is 7.64. The van der Waals surface area contributed by atoms with E-state index in [1.165, 1.54) is 0 Å². The van der Waals surface area contributed by atoms with Crippen LogP contribution in [0, 0.1) is 0 Å². The molecular weight excluding hydrogens is 306 g/mol. The Bertz CT molecular complexity index is 710. The molecule has 0 bridgehead atoms. The largest absolute Gasteiger partial charge is 0.489 e. The standard InChI is InChI=1S/C19H19NO4/c21-18(20-16-9-10-16)13-24-19(22)15-7-4-8-17(11-15)23-12-14-5-2-1-3-6-14/h1-8,11,16H,9-10,12-13H2,(H,20,21). The van der Waals surface area contributed by atoms with Crippen LogP contribution in [-0.2, 0) is 16.1 Å². The quantitative estimate of drug-likeness (QED) is 0.795. The third-order valence-corrected chi connectivity index (χ3v) is 3.59. The van der Waals surface area contributed by atoms with Gasteiger partial charge in [-0.15, -0.1) is 0 Å². The van der Waals surface area contributed by atoms with Crippen molar-refractivity contribution < 1.29 is 19.1 Å². The molecule has 0 saturated heterocycles. The number of amides is 1. The number of nitrogens with one attached hydrogen (secondary N) is 1. The molecule has 1 fully saturated rings. The number of hydrogen-bond donors (Lipinski definition) is 1. The lowest BCUT2D eigenvalue weighted by molar-refractivity contribution is -0.124. The van der Waals surface area contributed by atoms with E-state index in [0.717, 1.165) is 18.4 Å². The maximum atomic E-state index is 12.0. The van der Waals surface area contributed by atoms with Gasteiger partial charge in [-0.05, 0) is 36.6 Å². The summed E-state index contributed by atoms with van der Waals surface area (Å²) < 4.78 is 10.7. The molecule has 2 aromatic rings. The maximum Gasteiger partial charge on any atom is 0.338 e. The van der Waals surface area contributed by atoms with Gasteiger partial charge in [0.05, 0.1) is 5.56 Å². The summed E-state index contributed by atoms with van der Waals surface area (Å²) in [5.41, 5.74) is 1.40. The Morgan fingerprint density at radius 3 is 2.58 bits per heavy atom. The van der Waals surface area contributed by atoms with Gasteiger partial charge in [-0.2, -0.15) is 0 Å². The van der Waals surface area contributed by atoms with Gasteiger partial charge in [-0.1, -0.05) is 36.4 Å². The first-order valence-corrected chi connectivity index (χ1v) is 7.94. The molecule has 0 spiro atoms. The average molecular weight is 325 g/mol. The summed E-state index contributed by atoms with van der Waals surface area (Å²) >= 11 is 0. The van der Waals surface area contributed by atoms with E-state index in [4.69, 9.17) is 9.47 Å². The van der Waals surface area contributed by atoms with Gasteiger partial charge in [0.25, 0.3) is 5.91 Å². The SMILES string of the molecule is O=C(COC(=O)c1cccc(OCc2ccccc2)c1)NC1CC1. The molecule has 1 aliphatic carbocycles. The van der Waals surface area contributed by atoms with Crippen molar-refractivity contribution in [1.29, 1.82) is 0 Å². The van der Waals surface area contributed by atoms with E-state index in [1.54, 1.807) is 24.3 Å². The first-order chi connectivity index (χ1) is 11.7. The lowest BCUT2D eigenvalue weighted by atomic mass is 10.2. The normalized spacial score (nSPS) is 13.2. The maximum absolute atomic E-state index is 12.0. The van der Waals surface area contributed by atoms with Gasteiger partial charge in [-0.25, -0.2) is 4.79 Å². The molecule has 2 aromatic carbocycles. The minimum absolute atomic E-state index is 0.255. The van der Waals surface area contributed by atoms with Crippen molar-refractivity contribution in [2.75, 3.05) is 6.61 Å². The molecule has 124 valence electrons. The average Bonchev–Trinajstić information content (AvgIpc) is 3.43. The van der Waals surface area contributed by atoms with Crippen molar-refractivity contribution in [3.63, 3.8) is 0 Å². The first-order valence-electron chi connectivity index (χ1n) is 7.94. The van der Waals surface area contributed by atoms with Crippen LogP contribution in [0.4, 0.5) is 0 Å². The summed E-state index contributed by atoms with van der Waals surface area (Å²) in [5, 5.41) is 2.77. The highest BCUT2D eigenvalue weighted by atomic mass is 16.5. The van der Waals surface area contributed by atoms with Crippen LogP contribution in [0.15, 0.2) is 54.6 Å². The zero-order valence-electron chi connectivity index (χ0n) is 13.2. The Hall–Kier alpha value is -2.82. The smallest absolute Gasteiger partial charge is 0.338 e. The molecule has 0 atom stereocenters. The lowest BCUT2D eigenvalue weighted by Crippen LogP contribution is -2.30. The molecule has 1 aliphatic rings. The van der Waals surface area contributed by atoms with Gasteiger partial charge in [0.1, 0.15) is 12.4 Å². The van der Waals surface area contributed by atoms with Gasteiger partial charge >= 0.3 is 5.97 Å². The topological polar surface area (TPSA) is 64.6 Å². The van der Waals surface area contributed by atoms with Crippen LogP contribution in [0.25, 0.3) is 0 Å². The Labute approximate surface area is 140 Å². The number of hydrogen-bond acceptors (Lipinski definition) is 4. The molecule has 0 radical (unpaired) electrons. The zero-order valence-corrected chi connectivity index (χ0v) is 13.2. The van der Waals surface area contributed by atoms with E-state index in [2.05, 4.69) is 5.32 Å². The second-order valence-electron chi connectivity index (χ2n) is 5.72. The first kappa shape index (κ1) is 16.1. The van der Waals surface area contributed by atoms with Gasteiger partial charge in [0, 0.05) is 6.04 Å². The van der Waals surface area contributed by atoms with E-state index in [0.29, 0.717) is 17.9 Å². The van der Waals surface area contributed by atoms with Crippen molar-refractivity contribution in [3.8, 4) is 5.75 Å². The van der Waals surface area contributed by atoms with E-state index < -0.39 is 5.97 Å². The van der Waals surface area contributed by atoms with Crippen LogP contribution in [0.1, 0.15) is 28.8 Å². The molecule has 1 N–H and O–H groups in total. The molecule has 3 rings (SSSR count). The highest BCUT2D eigenvalue weighted by Gasteiger charge is 2.23. The predicted molar refractivity (Wildman–Crippen MR) is 88.7 cm³/mol. The van der Waals surface area contributed by atoms with Gasteiger partial charge in [-0.3, -0.25) is 4.79 Å². The van der Waals surface area contributed by atoms with Gasteiger partial charge < -0.3 is 14.8 Å². The van der Waals surface area contributed by atoms with E-state index in [1.807, 2.05) is 30.3 Å². The Kier molecular flexibility index (Phi) is 5.11. The second-order valence-corrected chi connectivity index (χ2v) is 5.72. The third kappa shape index (κ3) is 4.84. The van der Waals surface area contributed by atoms with E-state index in [9.17, 15) is 9.59 Å². The van der Waals surface area contributed by atoms with Crippen LogP contribution >= 0.6 is 0 Å². The summed E-state index contributed by atoms with van der Waals surface area (Å²) in [6, 6.07) is 16.8. The summed E-state index contributed by atoms with van der Waals surface area (Å²) in [6.45, 7) is 0.160. The Balaban J connectivity index is 1.51. The van der Waals surface area contributed by atoms with Crippen molar-refractivity contribution in [1.82, 2.24) is 5.32 Å². The number of rotatable bonds is 7. The fourth-order valence-corrected chi connectivity index (χ4v) is 2.17. The van der Waals surface area contributed by atoms with Gasteiger partial charge in [0.2, 0.25) is 0 Å². The third-order valence-electron chi connectivity index (χ3n) is 3.59. The molecule has 1 amide bonds. The number of carbonyl (C=O) groups is 2. The Morgan fingerprint density at radius 1 is 1.04 bits per heavy atom. The van der Waals surface area contributed by atoms with Crippen molar-refractivity contribution in [3.05, 3.63) is 65.7 Å². The predicted octanol–water partition coefficient (Wildman–Crippen LogP) is 2.70. The molecule has 5 heteroatoms. The lowest BCUT2D eigenvalue weighted by Gasteiger charge is -2.09. The molecule has 1 saturated carbocycles. The highest BCUT2D eigenvalue weighted by Crippen LogP contribution is 2.18. The van der Waals surface area contributed by atoms with Gasteiger partial charge in [0.15, 0.2) is 6.61 Å². The molecule has 24 heavy (non-hydrogen) atoms. The van der Waals surface area contributed by atoms with Crippen LogP contribution < -0.4 is 10.1 Å². The molecule has 0 unspecified atom stereocenters. The molecule has 5 nitrogen and oxygen atoms in total. The van der Waals surface area contributed by atoms with Crippen LogP contribution in [0.5, 0.6) is 5.75 Å². The van der Waals surface area contributed by atoms with Crippen molar-refractivity contribution >= 4 is 11.9 Å². The van der Waals surface area contributed by atoms with Crippen molar-refractivity contribution in [2.45, 2.75) is 25.5 Å². The number of ether oxygens (including phenoxy) is 2. The monoisotopic (exact) mass is 325 g/mol. The number of benzene rings is 2. The number of carbonyl (C=O) groups excluding carboxylic acids is 2. The van der Waals surface area contributed by atoms with Crippen molar-refractivity contribution in [2.24, 2.45) is 0 Å². The number of esters is 1.